The standard InChI is InChI=1S/C15H20N2O4/c1-10(18)17-11-5-6-14(20-2)13(8-11)15(19)16-9-12-4-3-7-21-12/h5-6,8,12H,3-4,7,9H2,1-2H3,(H,16,19)(H,17,18). The van der Waals surface area contributed by atoms with Crippen molar-refractivity contribution in [3.63, 3.8) is 0 Å². The molecule has 21 heavy (non-hydrogen) atoms. The molecule has 6 nitrogen and oxygen atoms in total. The molecule has 0 aliphatic carbocycles. The zero-order valence-electron chi connectivity index (χ0n) is 12.3. The molecular weight excluding hydrogens is 272 g/mol. The topological polar surface area (TPSA) is 76.7 Å². The number of amides is 2. The smallest absolute Gasteiger partial charge is 0.255 e. The van der Waals surface area contributed by atoms with E-state index in [1.54, 1.807) is 18.2 Å². The molecule has 2 rings (SSSR count). The van der Waals surface area contributed by atoms with Crippen LogP contribution in [0.15, 0.2) is 18.2 Å². The fourth-order valence-corrected chi connectivity index (χ4v) is 2.27. The van der Waals surface area contributed by atoms with Gasteiger partial charge in [0.1, 0.15) is 5.75 Å². The van der Waals surface area contributed by atoms with Crippen LogP contribution in [0.25, 0.3) is 0 Å². The molecular formula is C15H20N2O4. The molecule has 2 amide bonds. The number of ether oxygens (including phenoxy) is 2. The van der Waals surface area contributed by atoms with Crippen molar-refractivity contribution < 1.29 is 19.1 Å². The molecule has 1 unspecified atom stereocenters. The van der Waals surface area contributed by atoms with Gasteiger partial charge >= 0.3 is 0 Å². The summed E-state index contributed by atoms with van der Waals surface area (Å²) in [6.07, 6.45) is 2.07. The van der Waals surface area contributed by atoms with Crippen molar-refractivity contribution in [1.29, 1.82) is 0 Å². The van der Waals surface area contributed by atoms with E-state index in [1.807, 2.05) is 0 Å². The molecule has 1 aliphatic heterocycles. The fourth-order valence-electron chi connectivity index (χ4n) is 2.27. The molecule has 6 heteroatoms. The summed E-state index contributed by atoms with van der Waals surface area (Å²) < 4.78 is 10.7. The van der Waals surface area contributed by atoms with Crippen LogP contribution in [0, 0.1) is 0 Å². The molecule has 1 aliphatic rings. The number of methoxy groups -OCH3 is 1. The summed E-state index contributed by atoms with van der Waals surface area (Å²) >= 11 is 0. The second-order valence-corrected chi connectivity index (χ2v) is 4.94. The Morgan fingerprint density at radius 2 is 2.24 bits per heavy atom. The highest BCUT2D eigenvalue weighted by atomic mass is 16.5. The van der Waals surface area contributed by atoms with Crippen LogP contribution in [0.3, 0.4) is 0 Å². The number of carbonyl (C=O) groups excluding carboxylic acids is 2. The molecule has 1 atom stereocenters. The summed E-state index contributed by atoms with van der Waals surface area (Å²) in [7, 11) is 1.50. The third-order valence-electron chi connectivity index (χ3n) is 3.28. The lowest BCUT2D eigenvalue weighted by atomic mass is 10.1. The molecule has 2 N–H and O–H groups in total. The first-order valence-corrected chi connectivity index (χ1v) is 6.95. The number of carbonyl (C=O) groups is 2. The fraction of sp³-hybridized carbons (Fsp3) is 0.467. The Morgan fingerprint density at radius 3 is 2.86 bits per heavy atom. The Kier molecular flexibility index (Phi) is 5.16. The summed E-state index contributed by atoms with van der Waals surface area (Å²) in [5.41, 5.74) is 0.951. The normalized spacial score (nSPS) is 17.3. The van der Waals surface area contributed by atoms with Crippen molar-refractivity contribution >= 4 is 17.5 Å². The van der Waals surface area contributed by atoms with E-state index in [2.05, 4.69) is 10.6 Å². The van der Waals surface area contributed by atoms with Gasteiger partial charge in [0, 0.05) is 25.8 Å². The Bertz CT molecular complexity index is 524. The van der Waals surface area contributed by atoms with Crippen LogP contribution in [0.5, 0.6) is 5.75 Å². The molecule has 114 valence electrons. The molecule has 0 radical (unpaired) electrons. The minimum atomic E-state index is -0.241. The summed E-state index contributed by atoms with van der Waals surface area (Å²) in [5, 5.41) is 5.49. The van der Waals surface area contributed by atoms with Gasteiger partial charge in [0.05, 0.1) is 18.8 Å². The van der Waals surface area contributed by atoms with E-state index in [9.17, 15) is 9.59 Å². The Labute approximate surface area is 123 Å². The van der Waals surface area contributed by atoms with Crippen molar-refractivity contribution in [2.75, 3.05) is 25.6 Å². The van der Waals surface area contributed by atoms with Crippen LogP contribution in [0.4, 0.5) is 5.69 Å². The second-order valence-electron chi connectivity index (χ2n) is 4.94. The average Bonchev–Trinajstić information content (AvgIpc) is 2.97. The van der Waals surface area contributed by atoms with Crippen LogP contribution in [-0.2, 0) is 9.53 Å². The van der Waals surface area contributed by atoms with Crippen LogP contribution in [-0.4, -0.2) is 38.2 Å². The zero-order chi connectivity index (χ0) is 15.2. The molecule has 1 heterocycles. The first-order valence-electron chi connectivity index (χ1n) is 6.95. The van der Waals surface area contributed by atoms with Crippen LogP contribution < -0.4 is 15.4 Å². The van der Waals surface area contributed by atoms with Gasteiger partial charge in [-0.2, -0.15) is 0 Å². The van der Waals surface area contributed by atoms with Crippen LogP contribution in [0.1, 0.15) is 30.1 Å². The summed E-state index contributed by atoms with van der Waals surface area (Å²) in [6, 6.07) is 4.95. The maximum atomic E-state index is 12.3. The molecule has 0 spiro atoms. The maximum Gasteiger partial charge on any atom is 0.255 e. The van der Waals surface area contributed by atoms with Gasteiger partial charge in [0.2, 0.25) is 5.91 Å². The van der Waals surface area contributed by atoms with Crippen molar-refractivity contribution in [3.05, 3.63) is 23.8 Å². The SMILES string of the molecule is COc1ccc(NC(C)=O)cc1C(=O)NCC1CCCO1. The van der Waals surface area contributed by atoms with E-state index in [1.165, 1.54) is 14.0 Å². The number of rotatable bonds is 5. The predicted octanol–water partition coefficient (Wildman–Crippen LogP) is 1.56. The van der Waals surface area contributed by atoms with Crippen LogP contribution in [0.2, 0.25) is 0 Å². The lowest BCUT2D eigenvalue weighted by Crippen LogP contribution is -2.32. The lowest BCUT2D eigenvalue weighted by molar-refractivity contribution is -0.114. The quantitative estimate of drug-likeness (QED) is 0.863. The Morgan fingerprint density at radius 1 is 1.43 bits per heavy atom. The largest absolute Gasteiger partial charge is 0.496 e. The number of benzene rings is 1. The predicted molar refractivity (Wildman–Crippen MR) is 78.6 cm³/mol. The molecule has 1 saturated heterocycles. The van der Waals surface area contributed by atoms with E-state index in [4.69, 9.17) is 9.47 Å². The van der Waals surface area contributed by atoms with E-state index < -0.39 is 0 Å². The van der Waals surface area contributed by atoms with Crippen LogP contribution >= 0.6 is 0 Å². The summed E-state index contributed by atoms with van der Waals surface area (Å²) in [5.74, 6) is 0.0365. The molecule has 1 aromatic carbocycles. The van der Waals surface area contributed by atoms with Crippen molar-refractivity contribution in [2.24, 2.45) is 0 Å². The second kappa shape index (κ2) is 7.08. The number of hydrogen-bond donors (Lipinski definition) is 2. The van der Waals surface area contributed by atoms with E-state index in [-0.39, 0.29) is 17.9 Å². The third-order valence-corrected chi connectivity index (χ3v) is 3.28. The van der Waals surface area contributed by atoms with E-state index >= 15 is 0 Å². The van der Waals surface area contributed by atoms with Gasteiger partial charge in [0.25, 0.3) is 5.91 Å². The maximum absolute atomic E-state index is 12.3. The highest BCUT2D eigenvalue weighted by Crippen LogP contribution is 2.23. The highest BCUT2D eigenvalue weighted by Gasteiger charge is 2.18. The van der Waals surface area contributed by atoms with Gasteiger partial charge in [-0.1, -0.05) is 0 Å². The minimum absolute atomic E-state index is 0.0819. The average molecular weight is 292 g/mol. The van der Waals surface area contributed by atoms with Gasteiger partial charge in [-0.15, -0.1) is 0 Å². The van der Waals surface area contributed by atoms with E-state index in [0.717, 1.165) is 19.4 Å². The number of nitrogens with one attached hydrogen (secondary N) is 2. The lowest BCUT2D eigenvalue weighted by Gasteiger charge is -2.13. The monoisotopic (exact) mass is 292 g/mol. The van der Waals surface area contributed by atoms with Gasteiger partial charge in [-0.3, -0.25) is 9.59 Å². The Balaban J connectivity index is 2.07. The van der Waals surface area contributed by atoms with Gasteiger partial charge < -0.3 is 20.1 Å². The van der Waals surface area contributed by atoms with Crippen molar-refractivity contribution in [3.8, 4) is 5.75 Å². The number of anilines is 1. The summed E-state index contributed by atoms with van der Waals surface area (Å²) in [6.45, 7) is 2.65. The zero-order valence-corrected chi connectivity index (χ0v) is 12.3. The number of hydrogen-bond acceptors (Lipinski definition) is 4. The molecule has 0 saturated carbocycles. The third kappa shape index (κ3) is 4.19. The van der Waals surface area contributed by atoms with Gasteiger partial charge in [-0.25, -0.2) is 0 Å². The Hall–Kier alpha value is -2.08. The first kappa shape index (κ1) is 15.3. The van der Waals surface area contributed by atoms with Crippen molar-refractivity contribution in [2.45, 2.75) is 25.9 Å². The molecule has 0 aromatic heterocycles. The van der Waals surface area contributed by atoms with Crippen molar-refractivity contribution in [1.82, 2.24) is 5.32 Å². The highest BCUT2D eigenvalue weighted by molar-refractivity contribution is 5.99. The van der Waals surface area contributed by atoms with Gasteiger partial charge in [-0.05, 0) is 31.0 Å². The van der Waals surface area contributed by atoms with Gasteiger partial charge in [0.15, 0.2) is 0 Å². The molecule has 1 aromatic rings. The minimum Gasteiger partial charge on any atom is -0.496 e. The first-order chi connectivity index (χ1) is 10.1. The molecule has 0 bridgehead atoms. The van der Waals surface area contributed by atoms with E-state index in [0.29, 0.717) is 23.5 Å². The summed E-state index contributed by atoms with van der Waals surface area (Å²) in [4.78, 5) is 23.3. The molecule has 1 fully saturated rings.